The van der Waals surface area contributed by atoms with E-state index in [1.807, 2.05) is 13.8 Å². The largest absolute Gasteiger partial charge is 0.481 e. The highest BCUT2D eigenvalue weighted by Gasteiger charge is 2.24. The minimum Gasteiger partial charge on any atom is -0.481 e. The third-order valence-electron chi connectivity index (χ3n) is 4.81. The number of aliphatic hydroxyl groups is 2. The third-order valence-corrected chi connectivity index (χ3v) is 5.01. The molecule has 0 amide bonds. The maximum absolute atomic E-state index is 13.4. The number of anilines is 1. The number of halogens is 1. The number of carboxylic acids is 1. The Morgan fingerprint density at radius 3 is 2.62 bits per heavy atom. The lowest BCUT2D eigenvalue weighted by Gasteiger charge is -2.23. The maximum atomic E-state index is 13.4. The molecule has 3 atom stereocenters. The van der Waals surface area contributed by atoms with E-state index in [1.54, 1.807) is 6.08 Å². The number of rotatable bonds is 10. The Morgan fingerprint density at radius 2 is 2.07 bits per heavy atom. The van der Waals surface area contributed by atoms with E-state index in [1.165, 1.54) is 12.2 Å². The lowest BCUT2D eigenvalue weighted by atomic mass is 9.88. The van der Waals surface area contributed by atoms with Crippen molar-refractivity contribution in [1.29, 1.82) is 0 Å². The molecular weight excluding hydrogens is 397 g/mol. The molecule has 0 radical (unpaired) electrons. The molecule has 2 rings (SSSR count). The number of nitrogens with zero attached hydrogens (tertiary/aromatic N) is 2. The Hall–Kier alpha value is -1.97. The summed E-state index contributed by atoms with van der Waals surface area (Å²) in [4.78, 5) is 19.8. The molecule has 0 aliphatic heterocycles. The van der Waals surface area contributed by atoms with Gasteiger partial charge < -0.3 is 20.0 Å². The minimum atomic E-state index is -1.11. The van der Waals surface area contributed by atoms with Crippen LogP contribution in [0.15, 0.2) is 24.1 Å². The summed E-state index contributed by atoms with van der Waals surface area (Å²) in [6.07, 6.45) is 3.54. The summed E-state index contributed by atoms with van der Waals surface area (Å²) in [5, 5.41) is 28.8. The van der Waals surface area contributed by atoms with Gasteiger partial charge in [0.2, 0.25) is 5.95 Å². The van der Waals surface area contributed by atoms with Gasteiger partial charge in [0.05, 0.1) is 30.0 Å². The zero-order valence-corrected chi connectivity index (χ0v) is 17.4. The van der Waals surface area contributed by atoms with Gasteiger partial charge in [-0.3, -0.25) is 4.79 Å². The first-order valence-electron chi connectivity index (χ1n) is 9.63. The van der Waals surface area contributed by atoms with Crippen LogP contribution in [0.4, 0.5) is 10.3 Å². The molecule has 0 spiro atoms. The molecule has 0 bridgehead atoms. The summed E-state index contributed by atoms with van der Waals surface area (Å²) >= 11 is 4.05. The molecule has 1 aromatic heterocycles. The van der Waals surface area contributed by atoms with Crippen LogP contribution < -0.4 is 4.72 Å². The van der Waals surface area contributed by atoms with Gasteiger partial charge in [0.1, 0.15) is 5.83 Å². The molecule has 29 heavy (non-hydrogen) atoms. The first-order chi connectivity index (χ1) is 13.7. The second-order valence-electron chi connectivity index (χ2n) is 7.53. The normalized spacial score (nSPS) is 18.4. The Labute approximate surface area is 175 Å². The number of hydrogen-bond acceptors (Lipinski definition) is 7. The van der Waals surface area contributed by atoms with E-state index < -0.39 is 24.6 Å². The van der Waals surface area contributed by atoms with Crippen molar-refractivity contribution in [3.8, 4) is 0 Å². The summed E-state index contributed by atoms with van der Waals surface area (Å²) in [5.74, 6) is -1.07. The summed E-state index contributed by atoms with van der Waals surface area (Å²) in [7, 11) is 0. The number of allylic oxidation sites excluding steroid dienone is 4. The molecule has 1 aromatic rings. The molecule has 0 fully saturated rings. The molecule has 9 heteroatoms. The molecule has 160 valence electrons. The standard InChI is InChI=1S/C20H28FN3O4S/c1-11(2)18-16(8-7-14(25)9-15(26)10-17(27)28)19(23-20(22-18)24-29)12-3-5-13(21)6-4-12/h3,5-6,11-12,14-15,25-26,29H,4,7-10H2,1-2H3,(H,27,28)(H,22,23,24)/t12?,14-,15-/m1/s1. The molecule has 1 heterocycles. The van der Waals surface area contributed by atoms with Crippen molar-refractivity contribution in [3.63, 3.8) is 0 Å². The topological polar surface area (TPSA) is 116 Å². The van der Waals surface area contributed by atoms with E-state index in [9.17, 15) is 19.4 Å². The van der Waals surface area contributed by atoms with Crippen LogP contribution in [-0.2, 0) is 11.2 Å². The van der Waals surface area contributed by atoms with Gasteiger partial charge in [0.15, 0.2) is 0 Å². The minimum absolute atomic E-state index is 0.0208. The smallest absolute Gasteiger partial charge is 0.305 e. The van der Waals surface area contributed by atoms with Crippen molar-refractivity contribution < 1.29 is 24.5 Å². The Kier molecular flexibility index (Phi) is 8.60. The predicted molar refractivity (Wildman–Crippen MR) is 112 cm³/mol. The zero-order chi connectivity index (χ0) is 21.6. The third kappa shape index (κ3) is 6.80. The van der Waals surface area contributed by atoms with Gasteiger partial charge in [-0.1, -0.05) is 32.7 Å². The van der Waals surface area contributed by atoms with Gasteiger partial charge in [0, 0.05) is 5.92 Å². The van der Waals surface area contributed by atoms with Crippen LogP contribution in [0.5, 0.6) is 0 Å². The molecule has 1 aliphatic rings. The fourth-order valence-corrected chi connectivity index (χ4v) is 3.53. The van der Waals surface area contributed by atoms with E-state index in [4.69, 9.17) is 5.11 Å². The van der Waals surface area contributed by atoms with Crippen LogP contribution in [0.2, 0.25) is 0 Å². The van der Waals surface area contributed by atoms with Crippen molar-refractivity contribution in [2.75, 3.05) is 4.72 Å². The van der Waals surface area contributed by atoms with Crippen LogP contribution in [0.3, 0.4) is 0 Å². The summed E-state index contributed by atoms with van der Waals surface area (Å²) in [5.41, 5.74) is 2.44. The van der Waals surface area contributed by atoms with E-state index in [0.29, 0.717) is 25.2 Å². The fourth-order valence-electron chi connectivity index (χ4n) is 3.43. The first-order valence-corrected chi connectivity index (χ1v) is 10.1. The lowest BCUT2D eigenvalue weighted by molar-refractivity contribution is -0.139. The number of aromatic nitrogens is 2. The quantitative estimate of drug-likeness (QED) is 0.365. The number of aliphatic carboxylic acids is 1. The second kappa shape index (κ2) is 10.7. The van der Waals surface area contributed by atoms with E-state index in [0.717, 1.165) is 17.0 Å². The zero-order valence-electron chi connectivity index (χ0n) is 16.5. The van der Waals surface area contributed by atoms with Gasteiger partial charge in [-0.25, -0.2) is 14.4 Å². The van der Waals surface area contributed by atoms with Crippen molar-refractivity contribution in [2.45, 2.75) is 70.0 Å². The second-order valence-corrected chi connectivity index (χ2v) is 7.76. The number of hydrogen-bond donors (Lipinski definition) is 5. The Balaban J connectivity index is 2.26. The van der Waals surface area contributed by atoms with Gasteiger partial charge in [-0.05, 0) is 49.3 Å². The van der Waals surface area contributed by atoms with E-state index in [2.05, 4.69) is 27.5 Å². The average molecular weight is 426 g/mol. The Bertz CT molecular complexity index is 785. The van der Waals surface area contributed by atoms with Crippen LogP contribution >= 0.6 is 12.8 Å². The molecule has 0 saturated carbocycles. The number of carboxylic acid groups (broad SMARTS) is 1. The highest BCUT2D eigenvalue weighted by atomic mass is 32.1. The highest BCUT2D eigenvalue weighted by Crippen LogP contribution is 2.33. The lowest BCUT2D eigenvalue weighted by Crippen LogP contribution is -2.22. The molecule has 0 saturated heterocycles. The summed E-state index contributed by atoms with van der Waals surface area (Å²) in [6.45, 7) is 4.00. The van der Waals surface area contributed by atoms with E-state index >= 15 is 0 Å². The van der Waals surface area contributed by atoms with Gasteiger partial charge in [-0.15, -0.1) is 0 Å². The van der Waals surface area contributed by atoms with Crippen molar-refractivity contribution in [2.24, 2.45) is 0 Å². The van der Waals surface area contributed by atoms with Gasteiger partial charge in [0.25, 0.3) is 0 Å². The van der Waals surface area contributed by atoms with E-state index in [-0.39, 0.29) is 24.1 Å². The number of aliphatic hydroxyl groups excluding tert-OH is 2. The van der Waals surface area contributed by atoms with Crippen molar-refractivity contribution in [1.82, 2.24) is 9.97 Å². The molecular formula is C20H28FN3O4S. The van der Waals surface area contributed by atoms with Crippen molar-refractivity contribution in [3.05, 3.63) is 41.0 Å². The van der Waals surface area contributed by atoms with Crippen LogP contribution in [0.1, 0.15) is 68.3 Å². The summed E-state index contributed by atoms with van der Waals surface area (Å²) in [6, 6.07) is 0. The highest BCUT2D eigenvalue weighted by molar-refractivity contribution is 7.81. The molecule has 4 N–H and O–H groups in total. The van der Waals surface area contributed by atoms with Crippen molar-refractivity contribution >= 4 is 24.7 Å². The molecule has 7 nitrogen and oxygen atoms in total. The number of carbonyl (C=O) groups is 1. The van der Waals surface area contributed by atoms with Crippen LogP contribution in [-0.4, -0.2) is 43.5 Å². The predicted octanol–water partition coefficient (Wildman–Crippen LogP) is 3.27. The van der Waals surface area contributed by atoms with Gasteiger partial charge in [-0.2, -0.15) is 0 Å². The SMILES string of the molecule is CC(C)c1nc(NS)nc(C2C=CC(F)=CC2)c1CC[C@@H](O)C[C@@H](O)CC(=O)O. The first kappa shape index (κ1) is 23.3. The maximum Gasteiger partial charge on any atom is 0.305 e. The van der Waals surface area contributed by atoms with Crippen LogP contribution in [0, 0.1) is 0 Å². The Morgan fingerprint density at radius 1 is 1.34 bits per heavy atom. The number of thiol groups is 1. The fraction of sp³-hybridized carbons (Fsp3) is 0.550. The van der Waals surface area contributed by atoms with Gasteiger partial charge >= 0.3 is 5.97 Å². The number of nitrogens with one attached hydrogen (secondary N) is 1. The van der Waals surface area contributed by atoms with Crippen LogP contribution in [0.25, 0.3) is 0 Å². The average Bonchev–Trinajstić information content (AvgIpc) is 2.65. The molecule has 0 aromatic carbocycles. The molecule has 1 aliphatic carbocycles. The monoisotopic (exact) mass is 425 g/mol. The molecule has 1 unspecified atom stereocenters. The summed E-state index contributed by atoms with van der Waals surface area (Å²) < 4.78 is 16.1.